The van der Waals surface area contributed by atoms with Crippen molar-refractivity contribution < 1.29 is 5.11 Å². The predicted octanol–water partition coefficient (Wildman–Crippen LogP) is 2.35. The summed E-state index contributed by atoms with van der Waals surface area (Å²) in [6.45, 7) is 7.71. The Labute approximate surface area is 124 Å². The van der Waals surface area contributed by atoms with E-state index in [-0.39, 0.29) is 6.10 Å². The average Bonchev–Trinajstić information content (AvgIpc) is 2.96. The number of nitrogens with zero attached hydrogens (tertiary/aromatic N) is 2. The van der Waals surface area contributed by atoms with E-state index in [0.717, 1.165) is 18.9 Å². The van der Waals surface area contributed by atoms with Crippen LogP contribution in [0.1, 0.15) is 51.4 Å². The van der Waals surface area contributed by atoms with E-state index in [0.29, 0.717) is 5.92 Å². The molecule has 0 amide bonds. The third kappa shape index (κ3) is 3.96. The Balaban J connectivity index is 1.37. The van der Waals surface area contributed by atoms with Gasteiger partial charge in [0.15, 0.2) is 0 Å². The van der Waals surface area contributed by atoms with E-state index < -0.39 is 0 Å². The van der Waals surface area contributed by atoms with Gasteiger partial charge in [0.1, 0.15) is 0 Å². The molecule has 2 unspecified atom stereocenters. The Kier molecular flexibility index (Phi) is 5.36. The lowest BCUT2D eigenvalue weighted by molar-refractivity contribution is 0.0367. The van der Waals surface area contributed by atoms with Crippen LogP contribution in [0.25, 0.3) is 0 Å². The van der Waals surface area contributed by atoms with Crippen LogP contribution < -0.4 is 0 Å². The maximum absolute atomic E-state index is 10.1. The van der Waals surface area contributed by atoms with Crippen LogP contribution in [0.3, 0.4) is 0 Å². The standard InChI is InChI=1S/C17H32N2O/c20-17-6-2-1-5-16(17)14-19-11-7-15(8-12-19)13-18-9-3-4-10-18/h15-17,20H,1-14H2. The minimum atomic E-state index is -0.0222. The van der Waals surface area contributed by atoms with Crippen LogP contribution in [0.5, 0.6) is 0 Å². The molecule has 3 fully saturated rings. The third-order valence-electron chi connectivity index (χ3n) is 5.78. The van der Waals surface area contributed by atoms with Gasteiger partial charge in [-0.25, -0.2) is 0 Å². The molecule has 0 spiro atoms. The van der Waals surface area contributed by atoms with E-state index in [2.05, 4.69) is 9.80 Å². The van der Waals surface area contributed by atoms with Gasteiger partial charge in [0, 0.05) is 13.1 Å². The fourth-order valence-corrected chi connectivity index (χ4v) is 4.41. The number of piperidine rings is 1. The molecule has 0 radical (unpaired) electrons. The zero-order chi connectivity index (χ0) is 13.8. The second-order valence-electron chi connectivity index (χ2n) is 7.36. The molecule has 3 rings (SSSR count). The molecule has 20 heavy (non-hydrogen) atoms. The molecule has 1 aliphatic carbocycles. The van der Waals surface area contributed by atoms with Crippen molar-refractivity contribution in [2.24, 2.45) is 11.8 Å². The van der Waals surface area contributed by atoms with Gasteiger partial charge in [-0.05, 0) is 76.5 Å². The molecule has 1 saturated carbocycles. The van der Waals surface area contributed by atoms with Crippen LogP contribution in [0.4, 0.5) is 0 Å². The van der Waals surface area contributed by atoms with Crippen LogP contribution in [0.2, 0.25) is 0 Å². The molecule has 3 aliphatic rings. The van der Waals surface area contributed by atoms with E-state index in [4.69, 9.17) is 0 Å². The third-order valence-corrected chi connectivity index (χ3v) is 5.78. The van der Waals surface area contributed by atoms with E-state index in [1.54, 1.807) is 0 Å². The lowest BCUT2D eigenvalue weighted by Crippen LogP contribution is -2.42. The summed E-state index contributed by atoms with van der Waals surface area (Å²) < 4.78 is 0. The van der Waals surface area contributed by atoms with Gasteiger partial charge in [-0.2, -0.15) is 0 Å². The molecule has 2 atom stereocenters. The van der Waals surface area contributed by atoms with Crippen molar-refractivity contribution in [2.75, 3.05) is 39.3 Å². The summed E-state index contributed by atoms with van der Waals surface area (Å²) in [5, 5.41) is 10.1. The minimum Gasteiger partial charge on any atom is -0.393 e. The molecule has 2 saturated heterocycles. The first-order valence-electron chi connectivity index (χ1n) is 8.94. The summed E-state index contributed by atoms with van der Waals surface area (Å²) in [5.41, 5.74) is 0. The Hall–Kier alpha value is -0.120. The highest BCUT2D eigenvalue weighted by molar-refractivity contribution is 4.81. The first-order valence-corrected chi connectivity index (χ1v) is 8.94. The van der Waals surface area contributed by atoms with Gasteiger partial charge in [-0.15, -0.1) is 0 Å². The predicted molar refractivity (Wildman–Crippen MR) is 82.8 cm³/mol. The van der Waals surface area contributed by atoms with E-state index >= 15 is 0 Å². The smallest absolute Gasteiger partial charge is 0.0580 e. The maximum Gasteiger partial charge on any atom is 0.0580 e. The number of rotatable bonds is 4. The van der Waals surface area contributed by atoms with Crippen LogP contribution in [0, 0.1) is 11.8 Å². The number of aliphatic hydroxyl groups excluding tert-OH is 1. The Bertz CT molecular complexity index is 283. The molecular weight excluding hydrogens is 248 g/mol. The number of aliphatic hydroxyl groups is 1. The van der Waals surface area contributed by atoms with Crippen molar-refractivity contribution in [3.05, 3.63) is 0 Å². The molecule has 116 valence electrons. The largest absolute Gasteiger partial charge is 0.393 e. The molecule has 0 aromatic rings. The zero-order valence-electron chi connectivity index (χ0n) is 13.0. The topological polar surface area (TPSA) is 26.7 Å². The first kappa shape index (κ1) is 14.8. The van der Waals surface area contributed by atoms with Gasteiger partial charge in [0.05, 0.1) is 6.10 Å². The fourth-order valence-electron chi connectivity index (χ4n) is 4.41. The Morgan fingerprint density at radius 1 is 0.700 bits per heavy atom. The van der Waals surface area contributed by atoms with Crippen molar-refractivity contribution in [3.63, 3.8) is 0 Å². The molecule has 0 bridgehead atoms. The SMILES string of the molecule is OC1CCCCC1CN1CCC(CN2CCCC2)CC1. The molecule has 3 nitrogen and oxygen atoms in total. The highest BCUT2D eigenvalue weighted by atomic mass is 16.3. The second-order valence-corrected chi connectivity index (χ2v) is 7.36. The van der Waals surface area contributed by atoms with Crippen LogP contribution >= 0.6 is 0 Å². The Morgan fingerprint density at radius 3 is 2.05 bits per heavy atom. The second kappa shape index (κ2) is 7.24. The molecule has 1 N–H and O–H groups in total. The van der Waals surface area contributed by atoms with Crippen LogP contribution in [-0.4, -0.2) is 60.3 Å². The first-order chi connectivity index (χ1) is 9.81. The lowest BCUT2D eigenvalue weighted by atomic mass is 9.85. The van der Waals surface area contributed by atoms with Gasteiger partial charge in [0.25, 0.3) is 0 Å². The summed E-state index contributed by atoms with van der Waals surface area (Å²) >= 11 is 0. The molecule has 3 heteroatoms. The highest BCUT2D eigenvalue weighted by Crippen LogP contribution is 2.27. The summed E-state index contributed by atoms with van der Waals surface area (Å²) in [7, 11) is 0. The van der Waals surface area contributed by atoms with Crippen LogP contribution in [0.15, 0.2) is 0 Å². The molecular formula is C17H32N2O. The average molecular weight is 280 g/mol. The van der Waals surface area contributed by atoms with Gasteiger partial charge in [-0.3, -0.25) is 0 Å². The summed E-state index contributed by atoms with van der Waals surface area (Å²) in [6.07, 6.45) is 10.4. The molecule has 0 aromatic carbocycles. The number of likely N-dealkylation sites (tertiary alicyclic amines) is 2. The lowest BCUT2D eigenvalue weighted by Gasteiger charge is -2.37. The van der Waals surface area contributed by atoms with Gasteiger partial charge >= 0.3 is 0 Å². The van der Waals surface area contributed by atoms with E-state index in [1.165, 1.54) is 77.7 Å². The maximum atomic E-state index is 10.1. The zero-order valence-corrected chi connectivity index (χ0v) is 13.0. The van der Waals surface area contributed by atoms with E-state index in [9.17, 15) is 5.11 Å². The van der Waals surface area contributed by atoms with Gasteiger partial charge in [0.2, 0.25) is 0 Å². The fraction of sp³-hybridized carbons (Fsp3) is 1.00. The molecule has 0 aromatic heterocycles. The van der Waals surface area contributed by atoms with Gasteiger partial charge < -0.3 is 14.9 Å². The summed E-state index contributed by atoms with van der Waals surface area (Å²) in [5.74, 6) is 1.49. The molecule has 2 aliphatic heterocycles. The normalized spacial score (nSPS) is 34.6. The van der Waals surface area contributed by atoms with Crippen molar-refractivity contribution in [1.29, 1.82) is 0 Å². The summed E-state index contributed by atoms with van der Waals surface area (Å²) in [6, 6.07) is 0. The van der Waals surface area contributed by atoms with Crippen molar-refractivity contribution in [1.82, 2.24) is 9.80 Å². The Morgan fingerprint density at radius 2 is 1.35 bits per heavy atom. The van der Waals surface area contributed by atoms with Crippen LogP contribution in [-0.2, 0) is 0 Å². The van der Waals surface area contributed by atoms with E-state index in [1.807, 2.05) is 0 Å². The quantitative estimate of drug-likeness (QED) is 0.856. The van der Waals surface area contributed by atoms with Crippen molar-refractivity contribution in [2.45, 2.75) is 57.5 Å². The molecule has 2 heterocycles. The van der Waals surface area contributed by atoms with Gasteiger partial charge in [-0.1, -0.05) is 12.8 Å². The van der Waals surface area contributed by atoms with Crippen molar-refractivity contribution in [3.8, 4) is 0 Å². The minimum absolute atomic E-state index is 0.0222. The van der Waals surface area contributed by atoms with Crippen molar-refractivity contribution >= 4 is 0 Å². The number of hydrogen-bond acceptors (Lipinski definition) is 3. The summed E-state index contributed by atoms with van der Waals surface area (Å²) in [4.78, 5) is 5.30. The monoisotopic (exact) mass is 280 g/mol. The number of hydrogen-bond donors (Lipinski definition) is 1. The highest BCUT2D eigenvalue weighted by Gasteiger charge is 2.28.